The van der Waals surface area contributed by atoms with E-state index in [0.29, 0.717) is 29.9 Å². The second-order valence-corrected chi connectivity index (χ2v) is 4.90. The van der Waals surface area contributed by atoms with Crippen molar-refractivity contribution in [3.05, 3.63) is 26.6 Å². The Hall–Kier alpha value is -1.47. The first-order chi connectivity index (χ1) is 9.04. The number of fused-ring (bicyclic) bond motifs is 1. The first kappa shape index (κ1) is 14.0. The van der Waals surface area contributed by atoms with Crippen molar-refractivity contribution in [3.63, 3.8) is 0 Å². The molecule has 0 amide bonds. The summed E-state index contributed by atoms with van der Waals surface area (Å²) in [7, 11) is 0. The van der Waals surface area contributed by atoms with Crippen LogP contribution in [0.2, 0.25) is 0 Å². The van der Waals surface area contributed by atoms with Crippen LogP contribution in [0.5, 0.6) is 0 Å². The summed E-state index contributed by atoms with van der Waals surface area (Å²) in [4.78, 5) is 20.4. The molecule has 0 aliphatic carbocycles. The highest BCUT2D eigenvalue weighted by molar-refractivity contribution is 9.10. The van der Waals surface area contributed by atoms with E-state index in [1.54, 1.807) is 10.6 Å². The molecule has 0 atom stereocenters. The summed E-state index contributed by atoms with van der Waals surface area (Å²) in [5, 5.41) is 0.803. The predicted octanol–water partition coefficient (Wildman–Crippen LogP) is 1.48. The van der Waals surface area contributed by atoms with Crippen molar-refractivity contribution in [2.75, 3.05) is 18.9 Å². The molecule has 2 N–H and O–H groups in total. The maximum atomic E-state index is 12.2. The summed E-state index contributed by atoms with van der Waals surface area (Å²) in [5.74, 6) is 0.164. The Morgan fingerprint density at radius 3 is 2.89 bits per heavy atom. The largest absolute Gasteiger partial charge is 0.380 e. The smallest absolute Gasteiger partial charge is 0.266 e. The summed E-state index contributed by atoms with van der Waals surface area (Å²) in [6.07, 6.45) is 0. The van der Waals surface area contributed by atoms with Gasteiger partial charge in [0.2, 0.25) is 5.95 Å². The van der Waals surface area contributed by atoms with Crippen molar-refractivity contribution in [3.8, 4) is 0 Å². The van der Waals surface area contributed by atoms with Crippen LogP contribution in [0.15, 0.2) is 15.3 Å². The van der Waals surface area contributed by atoms with Crippen molar-refractivity contribution < 1.29 is 4.74 Å². The molecule has 0 bridgehead atoms. The van der Waals surface area contributed by atoms with E-state index in [-0.39, 0.29) is 11.5 Å². The lowest BCUT2D eigenvalue weighted by atomic mass is 10.2. The molecule has 2 aromatic rings. The van der Waals surface area contributed by atoms with Gasteiger partial charge in [-0.25, -0.2) is 4.98 Å². The molecule has 0 aliphatic heterocycles. The summed E-state index contributed by atoms with van der Waals surface area (Å²) in [5.41, 5.74) is 6.79. The van der Waals surface area contributed by atoms with E-state index < -0.39 is 0 Å². The van der Waals surface area contributed by atoms with Gasteiger partial charge < -0.3 is 10.5 Å². The molecule has 6 nitrogen and oxygen atoms in total. The van der Waals surface area contributed by atoms with Crippen molar-refractivity contribution in [2.45, 2.75) is 20.4 Å². The molecule has 7 heteroatoms. The molecular weight excluding hydrogens is 312 g/mol. The quantitative estimate of drug-likeness (QED) is 0.860. The molecule has 0 radical (unpaired) electrons. The first-order valence-corrected chi connectivity index (χ1v) is 6.74. The number of rotatable bonds is 4. The lowest BCUT2D eigenvalue weighted by Gasteiger charge is -2.11. The van der Waals surface area contributed by atoms with Crippen molar-refractivity contribution in [1.29, 1.82) is 0 Å². The second-order valence-electron chi connectivity index (χ2n) is 4.05. The predicted molar refractivity (Wildman–Crippen MR) is 77.1 cm³/mol. The van der Waals surface area contributed by atoms with Crippen LogP contribution in [0.1, 0.15) is 12.6 Å². The summed E-state index contributed by atoms with van der Waals surface area (Å²) >= 11 is 3.27. The SMILES string of the molecule is CCOCCn1c(=O)c(Br)cc2c(C)nc(N)nc21. The van der Waals surface area contributed by atoms with Gasteiger partial charge in [-0.1, -0.05) is 0 Å². The summed E-state index contributed by atoms with van der Waals surface area (Å²) in [6, 6.07) is 1.73. The molecule has 0 saturated carbocycles. The molecule has 2 aromatic heterocycles. The lowest BCUT2D eigenvalue weighted by molar-refractivity contribution is 0.139. The number of pyridine rings is 1. The zero-order valence-electron chi connectivity index (χ0n) is 10.8. The third kappa shape index (κ3) is 2.76. The molecule has 0 saturated heterocycles. The summed E-state index contributed by atoms with van der Waals surface area (Å²) in [6.45, 7) is 5.23. The van der Waals surface area contributed by atoms with E-state index in [1.807, 2.05) is 13.8 Å². The van der Waals surface area contributed by atoms with Gasteiger partial charge in [0.1, 0.15) is 5.65 Å². The van der Waals surface area contributed by atoms with E-state index in [2.05, 4.69) is 25.9 Å². The highest BCUT2D eigenvalue weighted by atomic mass is 79.9. The number of aromatic nitrogens is 3. The number of ether oxygens (including phenoxy) is 1. The second kappa shape index (κ2) is 5.66. The average Bonchev–Trinajstić information content (AvgIpc) is 2.35. The third-order valence-electron chi connectivity index (χ3n) is 2.77. The Bertz CT molecular complexity index is 669. The molecule has 0 aromatic carbocycles. The standard InChI is InChI=1S/C12H15BrN4O2/c1-3-19-5-4-17-10-8(6-9(13)11(17)18)7(2)15-12(14)16-10/h6H,3-5H2,1-2H3,(H2,14,15,16). The number of nitrogens with two attached hydrogens (primary N) is 1. The Morgan fingerprint density at radius 2 is 2.21 bits per heavy atom. The van der Waals surface area contributed by atoms with E-state index >= 15 is 0 Å². The number of hydrogen-bond donors (Lipinski definition) is 1. The third-order valence-corrected chi connectivity index (χ3v) is 3.34. The average molecular weight is 327 g/mol. The summed E-state index contributed by atoms with van der Waals surface area (Å²) < 4.78 is 7.33. The fourth-order valence-corrected chi connectivity index (χ4v) is 2.33. The minimum Gasteiger partial charge on any atom is -0.380 e. The van der Waals surface area contributed by atoms with Crippen molar-refractivity contribution in [2.24, 2.45) is 0 Å². The molecule has 0 spiro atoms. The number of aryl methyl sites for hydroxylation is 1. The number of hydrogen-bond acceptors (Lipinski definition) is 5. The van der Waals surface area contributed by atoms with Crippen LogP contribution in [0.25, 0.3) is 11.0 Å². The Labute approximate surface area is 118 Å². The van der Waals surface area contributed by atoms with Gasteiger partial charge in [-0.3, -0.25) is 9.36 Å². The van der Waals surface area contributed by atoms with Crippen LogP contribution >= 0.6 is 15.9 Å². The van der Waals surface area contributed by atoms with Crippen molar-refractivity contribution >= 4 is 32.9 Å². The Balaban J connectivity index is 2.64. The fraction of sp³-hybridized carbons (Fsp3) is 0.417. The van der Waals surface area contributed by atoms with E-state index in [0.717, 1.165) is 11.1 Å². The maximum absolute atomic E-state index is 12.2. The van der Waals surface area contributed by atoms with Crippen LogP contribution in [0.4, 0.5) is 5.95 Å². The van der Waals surface area contributed by atoms with Gasteiger partial charge >= 0.3 is 0 Å². The van der Waals surface area contributed by atoms with Gasteiger partial charge in [0, 0.05) is 12.0 Å². The van der Waals surface area contributed by atoms with Crippen LogP contribution < -0.4 is 11.3 Å². The molecule has 102 valence electrons. The van der Waals surface area contributed by atoms with Gasteiger partial charge in [-0.05, 0) is 35.8 Å². The number of halogens is 1. The highest BCUT2D eigenvalue weighted by Gasteiger charge is 2.12. The number of nitrogens with zero attached hydrogens (tertiary/aromatic N) is 3. The molecular formula is C12H15BrN4O2. The first-order valence-electron chi connectivity index (χ1n) is 5.95. The maximum Gasteiger partial charge on any atom is 0.266 e. The van der Waals surface area contributed by atoms with E-state index in [9.17, 15) is 4.79 Å². The molecule has 2 heterocycles. The van der Waals surface area contributed by atoms with Crippen molar-refractivity contribution in [1.82, 2.24) is 14.5 Å². The molecule has 0 aliphatic rings. The zero-order chi connectivity index (χ0) is 14.0. The minimum atomic E-state index is -0.148. The Morgan fingerprint density at radius 1 is 1.47 bits per heavy atom. The van der Waals surface area contributed by atoms with Gasteiger partial charge in [-0.2, -0.15) is 4.98 Å². The monoisotopic (exact) mass is 326 g/mol. The number of nitrogen functional groups attached to an aromatic ring is 1. The van der Waals surface area contributed by atoms with Crippen LogP contribution in [0.3, 0.4) is 0 Å². The van der Waals surface area contributed by atoms with Gasteiger partial charge in [0.05, 0.1) is 23.3 Å². The normalized spacial score (nSPS) is 11.1. The van der Waals surface area contributed by atoms with Gasteiger partial charge in [0.15, 0.2) is 0 Å². The van der Waals surface area contributed by atoms with E-state index in [1.165, 1.54) is 0 Å². The lowest BCUT2D eigenvalue weighted by Crippen LogP contribution is -2.24. The molecule has 19 heavy (non-hydrogen) atoms. The van der Waals surface area contributed by atoms with Gasteiger partial charge in [0.25, 0.3) is 5.56 Å². The van der Waals surface area contributed by atoms with E-state index in [4.69, 9.17) is 10.5 Å². The number of anilines is 1. The molecule has 2 rings (SSSR count). The Kier molecular flexibility index (Phi) is 4.16. The zero-order valence-corrected chi connectivity index (χ0v) is 12.4. The topological polar surface area (TPSA) is 83.0 Å². The fourth-order valence-electron chi connectivity index (χ4n) is 1.88. The van der Waals surface area contributed by atoms with Crippen LogP contribution in [0, 0.1) is 6.92 Å². The van der Waals surface area contributed by atoms with Gasteiger partial charge in [-0.15, -0.1) is 0 Å². The molecule has 0 fully saturated rings. The van der Waals surface area contributed by atoms with Crippen LogP contribution in [-0.2, 0) is 11.3 Å². The van der Waals surface area contributed by atoms with Crippen LogP contribution in [-0.4, -0.2) is 27.7 Å². The highest BCUT2D eigenvalue weighted by Crippen LogP contribution is 2.18. The minimum absolute atomic E-state index is 0.148. The molecule has 0 unspecified atom stereocenters.